The highest BCUT2D eigenvalue weighted by atomic mass is 16.4. The fraction of sp³-hybridized carbons (Fsp3) is 0. The normalized spacial score (nSPS) is 13.0. The Balaban J connectivity index is 2.10. The van der Waals surface area contributed by atoms with Crippen molar-refractivity contribution in [2.45, 2.75) is 0 Å². The standard InChI is InChI=1S/C15H9NO4/c17-13-11-3-1-2-10(12(11)16-14(13)18)8-4-6-9(7-5-8)15(19)20/h1-7H,(H,19,20)(H,16,17,18). The van der Waals surface area contributed by atoms with E-state index in [9.17, 15) is 14.4 Å². The van der Waals surface area contributed by atoms with Gasteiger partial charge >= 0.3 is 5.97 Å². The Bertz CT molecular complexity index is 747. The lowest BCUT2D eigenvalue weighted by atomic mass is 9.99. The van der Waals surface area contributed by atoms with Crippen molar-refractivity contribution in [3.8, 4) is 11.1 Å². The number of ketones is 1. The molecule has 0 saturated heterocycles. The second kappa shape index (κ2) is 4.31. The number of rotatable bonds is 2. The van der Waals surface area contributed by atoms with Gasteiger partial charge in [-0.1, -0.05) is 24.3 Å². The molecule has 0 radical (unpaired) electrons. The first-order chi connectivity index (χ1) is 9.58. The Morgan fingerprint density at radius 2 is 1.60 bits per heavy atom. The fourth-order valence-electron chi connectivity index (χ4n) is 2.20. The maximum absolute atomic E-state index is 11.6. The molecule has 5 heteroatoms. The number of carbonyl (C=O) groups is 3. The van der Waals surface area contributed by atoms with Crippen molar-refractivity contribution in [3.63, 3.8) is 0 Å². The summed E-state index contributed by atoms with van der Waals surface area (Å²) in [5.74, 6) is -2.20. The molecule has 0 spiro atoms. The van der Waals surface area contributed by atoms with E-state index in [-0.39, 0.29) is 5.56 Å². The maximum Gasteiger partial charge on any atom is 0.335 e. The number of nitrogens with one attached hydrogen (secondary N) is 1. The summed E-state index contributed by atoms with van der Waals surface area (Å²) in [6.07, 6.45) is 0. The molecule has 1 heterocycles. The first-order valence-corrected chi connectivity index (χ1v) is 5.90. The van der Waals surface area contributed by atoms with Gasteiger partial charge in [0, 0.05) is 5.56 Å². The van der Waals surface area contributed by atoms with Crippen molar-refractivity contribution in [3.05, 3.63) is 53.6 Å². The van der Waals surface area contributed by atoms with E-state index in [0.29, 0.717) is 16.8 Å². The van der Waals surface area contributed by atoms with Crippen LogP contribution in [0, 0.1) is 0 Å². The largest absolute Gasteiger partial charge is 0.478 e. The van der Waals surface area contributed by atoms with Crippen LogP contribution in [-0.4, -0.2) is 22.8 Å². The van der Waals surface area contributed by atoms with Crippen LogP contribution in [0.15, 0.2) is 42.5 Å². The molecular formula is C15H9NO4. The van der Waals surface area contributed by atoms with Gasteiger partial charge in [0.25, 0.3) is 11.7 Å². The summed E-state index contributed by atoms with van der Waals surface area (Å²) in [7, 11) is 0. The van der Waals surface area contributed by atoms with E-state index >= 15 is 0 Å². The van der Waals surface area contributed by atoms with E-state index in [4.69, 9.17) is 5.11 Å². The third kappa shape index (κ3) is 1.76. The number of benzene rings is 2. The molecule has 0 unspecified atom stereocenters. The van der Waals surface area contributed by atoms with Gasteiger partial charge in [-0.15, -0.1) is 0 Å². The zero-order valence-electron chi connectivity index (χ0n) is 10.2. The Morgan fingerprint density at radius 1 is 0.950 bits per heavy atom. The molecule has 0 aliphatic carbocycles. The van der Waals surface area contributed by atoms with Crippen molar-refractivity contribution in [1.82, 2.24) is 0 Å². The molecule has 5 nitrogen and oxygen atoms in total. The van der Waals surface area contributed by atoms with Crippen LogP contribution in [0.4, 0.5) is 5.69 Å². The second-order valence-corrected chi connectivity index (χ2v) is 4.39. The van der Waals surface area contributed by atoms with Crippen LogP contribution in [0.1, 0.15) is 20.7 Å². The predicted octanol–water partition coefficient (Wildman–Crippen LogP) is 2.19. The van der Waals surface area contributed by atoms with Crippen LogP contribution in [-0.2, 0) is 4.79 Å². The molecule has 3 rings (SSSR count). The maximum atomic E-state index is 11.6. The number of carbonyl (C=O) groups excluding carboxylic acids is 2. The van der Waals surface area contributed by atoms with Crippen molar-refractivity contribution in [2.75, 3.05) is 5.32 Å². The van der Waals surface area contributed by atoms with E-state index in [0.717, 1.165) is 5.56 Å². The fourth-order valence-corrected chi connectivity index (χ4v) is 2.20. The first-order valence-electron chi connectivity index (χ1n) is 5.90. The Labute approximate surface area is 113 Å². The van der Waals surface area contributed by atoms with Crippen LogP contribution in [0.5, 0.6) is 0 Å². The number of aromatic carboxylic acids is 1. The number of hydrogen-bond donors (Lipinski definition) is 2. The van der Waals surface area contributed by atoms with E-state index < -0.39 is 17.7 Å². The van der Waals surface area contributed by atoms with Crippen LogP contribution in [0.3, 0.4) is 0 Å². The Morgan fingerprint density at radius 3 is 2.25 bits per heavy atom. The summed E-state index contributed by atoms with van der Waals surface area (Å²) in [4.78, 5) is 33.9. The molecule has 2 aromatic carbocycles. The van der Waals surface area contributed by atoms with Crippen molar-refractivity contribution >= 4 is 23.3 Å². The minimum absolute atomic E-state index is 0.182. The van der Waals surface area contributed by atoms with Crippen molar-refractivity contribution in [2.24, 2.45) is 0 Å². The zero-order valence-corrected chi connectivity index (χ0v) is 10.2. The molecule has 0 aromatic heterocycles. The Hall–Kier alpha value is -2.95. The average Bonchev–Trinajstić information content (AvgIpc) is 2.74. The summed E-state index contributed by atoms with van der Waals surface area (Å²) >= 11 is 0. The van der Waals surface area contributed by atoms with Gasteiger partial charge in [-0.2, -0.15) is 0 Å². The topological polar surface area (TPSA) is 83.5 Å². The van der Waals surface area contributed by atoms with E-state index in [1.165, 1.54) is 12.1 Å². The van der Waals surface area contributed by atoms with Gasteiger partial charge in [-0.25, -0.2) is 4.79 Å². The number of carboxylic acids is 1. The molecule has 1 aliphatic rings. The lowest BCUT2D eigenvalue weighted by molar-refractivity contribution is -0.112. The molecule has 0 saturated carbocycles. The lowest BCUT2D eigenvalue weighted by Crippen LogP contribution is -2.12. The van der Waals surface area contributed by atoms with Crippen LogP contribution >= 0.6 is 0 Å². The highest BCUT2D eigenvalue weighted by Gasteiger charge is 2.29. The number of amides is 1. The van der Waals surface area contributed by atoms with Crippen molar-refractivity contribution < 1.29 is 19.5 Å². The number of hydrogen-bond acceptors (Lipinski definition) is 3. The number of Topliss-reactive ketones (excluding diaryl/α,β-unsaturated/α-hetero) is 1. The molecule has 0 atom stereocenters. The average molecular weight is 267 g/mol. The number of fused-ring (bicyclic) bond motifs is 1. The van der Waals surface area contributed by atoms with Gasteiger partial charge < -0.3 is 10.4 Å². The minimum Gasteiger partial charge on any atom is -0.478 e. The van der Waals surface area contributed by atoms with Crippen LogP contribution < -0.4 is 5.32 Å². The van der Waals surface area contributed by atoms with Gasteiger partial charge in [0.2, 0.25) is 0 Å². The molecule has 1 aliphatic heterocycles. The summed E-state index contributed by atoms with van der Waals surface area (Å²) < 4.78 is 0. The first kappa shape index (κ1) is 12.1. The zero-order chi connectivity index (χ0) is 14.3. The summed E-state index contributed by atoms with van der Waals surface area (Å²) in [5.41, 5.74) is 2.43. The van der Waals surface area contributed by atoms with Gasteiger partial charge in [-0.3, -0.25) is 9.59 Å². The smallest absolute Gasteiger partial charge is 0.335 e. The molecule has 20 heavy (non-hydrogen) atoms. The van der Waals surface area contributed by atoms with E-state index in [1.807, 2.05) is 0 Å². The van der Waals surface area contributed by atoms with Gasteiger partial charge in [0.05, 0.1) is 16.8 Å². The molecule has 2 aromatic rings. The minimum atomic E-state index is -1.00. The highest BCUT2D eigenvalue weighted by molar-refractivity contribution is 6.52. The van der Waals surface area contributed by atoms with E-state index in [1.54, 1.807) is 30.3 Å². The molecule has 1 amide bonds. The molecular weight excluding hydrogens is 258 g/mol. The van der Waals surface area contributed by atoms with Gasteiger partial charge in [-0.05, 0) is 23.8 Å². The lowest BCUT2D eigenvalue weighted by Gasteiger charge is -2.07. The predicted molar refractivity (Wildman–Crippen MR) is 71.8 cm³/mol. The monoisotopic (exact) mass is 267 g/mol. The summed E-state index contributed by atoms with van der Waals surface area (Å²) in [6.45, 7) is 0. The molecule has 0 fully saturated rings. The van der Waals surface area contributed by atoms with Crippen LogP contribution in [0.2, 0.25) is 0 Å². The molecule has 0 bridgehead atoms. The third-order valence-corrected chi connectivity index (χ3v) is 3.20. The summed E-state index contributed by atoms with van der Waals surface area (Å²) in [5, 5.41) is 11.4. The second-order valence-electron chi connectivity index (χ2n) is 4.39. The van der Waals surface area contributed by atoms with Crippen molar-refractivity contribution in [1.29, 1.82) is 0 Å². The van der Waals surface area contributed by atoms with Gasteiger partial charge in [0.15, 0.2) is 0 Å². The molecule has 98 valence electrons. The highest BCUT2D eigenvalue weighted by Crippen LogP contribution is 2.34. The third-order valence-electron chi connectivity index (χ3n) is 3.20. The van der Waals surface area contributed by atoms with E-state index in [2.05, 4.69) is 5.32 Å². The number of carboxylic acid groups (broad SMARTS) is 1. The Kier molecular flexibility index (Phi) is 2.61. The van der Waals surface area contributed by atoms with Crippen LogP contribution in [0.25, 0.3) is 11.1 Å². The number of para-hydroxylation sites is 1. The number of anilines is 1. The molecule has 2 N–H and O–H groups in total. The van der Waals surface area contributed by atoms with Gasteiger partial charge in [0.1, 0.15) is 0 Å². The summed E-state index contributed by atoms with van der Waals surface area (Å²) in [6, 6.07) is 11.3. The quantitative estimate of drug-likeness (QED) is 0.817. The SMILES string of the molecule is O=C1Nc2c(cccc2-c2ccc(C(=O)O)cc2)C1=O.